The third kappa shape index (κ3) is 4.45. The molecule has 0 radical (unpaired) electrons. The van der Waals surface area contributed by atoms with Crippen LogP contribution in [0.1, 0.15) is 18.9 Å². The van der Waals surface area contributed by atoms with Crippen LogP contribution in [0.3, 0.4) is 0 Å². The van der Waals surface area contributed by atoms with Crippen molar-refractivity contribution in [1.29, 1.82) is 0 Å². The Bertz CT molecular complexity index is 1840. The number of anilines is 3. The normalized spacial score (nSPS) is 15.0. The van der Waals surface area contributed by atoms with E-state index in [9.17, 15) is 0 Å². The Kier molecular flexibility index (Phi) is 5.86. The van der Waals surface area contributed by atoms with E-state index in [-0.39, 0.29) is 0 Å². The molecule has 2 nitrogen and oxygen atoms in total. The van der Waals surface area contributed by atoms with Gasteiger partial charge in [-0.15, -0.1) is 0 Å². The molecule has 39 heavy (non-hydrogen) atoms. The first-order valence-corrected chi connectivity index (χ1v) is 13.6. The first-order valence-electron chi connectivity index (χ1n) is 13.6. The lowest BCUT2D eigenvalue weighted by Crippen LogP contribution is -2.10. The van der Waals surface area contributed by atoms with E-state index < -0.39 is 0 Å². The largest absolute Gasteiger partial charge is 0.456 e. The third-order valence-electron chi connectivity index (χ3n) is 7.60. The number of nitrogens with zero attached hydrogens (tertiary/aromatic N) is 1. The zero-order valence-corrected chi connectivity index (χ0v) is 21.9. The highest BCUT2D eigenvalue weighted by atomic mass is 16.3. The molecule has 1 aromatic heterocycles. The highest BCUT2D eigenvalue weighted by Gasteiger charge is 2.15. The van der Waals surface area contributed by atoms with Crippen LogP contribution < -0.4 is 4.90 Å². The number of allylic oxidation sites excluding steroid dienone is 4. The van der Waals surface area contributed by atoms with Crippen molar-refractivity contribution in [2.75, 3.05) is 4.90 Å². The van der Waals surface area contributed by atoms with Gasteiger partial charge in [0.25, 0.3) is 0 Å². The summed E-state index contributed by atoms with van der Waals surface area (Å²) in [6.07, 6.45) is 7.78. The minimum absolute atomic E-state index is 0.576. The van der Waals surface area contributed by atoms with Crippen LogP contribution >= 0.6 is 0 Å². The minimum Gasteiger partial charge on any atom is -0.456 e. The Labute approximate surface area is 229 Å². The molecule has 6 aromatic rings. The fourth-order valence-corrected chi connectivity index (χ4v) is 5.64. The fraction of sp³-hybridized carbons (Fsp3) is 0.0811. The van der Waals surface area contributed by atoms with E-state index in [1.54, 1.807) is 0 Å². The zero-order chi connectivity index (χ0) is 26.2. The third-order valence-corrected chi connectivity index (χ3v) is 7.60. The number of furan rings is 1. The van der Waals surface area contributed by atoms with E-state index in [1.807, 2.05) is 12.1 Å². The van der Waals surface area contributed by atoms with E-state index in [1.165, 1.54) is 22.3 Å². The summed E-state index contributed by atoms with van der Waals surface area (Å²) in [6, 6.07) is 43.1. The smallest absolute Gasteiger partial charge is 0.135 e. The van der Waals surface area contributed by atoms with Crippen molar-refractivity contribution in [3.8, 4) is 11.1 Å². The molecular formula is C37H29NO. The van der Waals surface area contributed by atoms with Gasteiger partial charge in [0.1, 0.15) is 11.2 Å². The van der Waals surface area contributed by atoms with Gasteiger partial charge in [-0.05, 0) is 89.2 Å². The van der Waals surface area contributed by atoms with E-state index in [0.29, 0.717) is 5.92 Å². The molecule has 0 fully saturated rings. The van der Waals surface area contributed by atoms with Crippen LogP contribution in [-0.4, -0.2) is 0 Å². The highest BCUT2D eigenvalue weighted by molar-refractivity contribution is 6.06. The Balaban J connectivity index is 1.29. The van der Waals surface area contributed by atoms with Crippen LogP contribution in [-0.2, 0) is 0 Å². The lowest BCUT2D eigenvalue weighted by molar-refractivity contribution is 0.669. The average molecular weight is 504 g/mol. The van der Waals surface area contributed by atoms with Gasteiger partial charge in [-0.1, -0.05) is 91.9 Å². The topological polar surface area (TPSA) is 16.4 Å². The van der Waals surface area contributed by atoms with Gasteiger partial charge in [0.2, 0.25) is 0 Å². The lowest BCUT2D eigenvalue weighted by Gasteiger charge is -2.26. The lowest BCUT2D eigenvalue weighted by atomic mass is 9.91. The summed E-state index contributed by atoms with van der Waals surface area (Å²) in [7, 11) is 0. The molecule has 2 heteroatoms. The Hall–Kier alpha value is -4.82. The molecule has 0 spiro atoms. The summed E-state index contributed by atoms with van der Waals surface area (Å²) < 4.78 is 6.06. The summed E-state index contributed by atoms with van der Waals surface area (Å²) in [6.45, 7) is 2.27. The molecule has 1 aliphatic rings. The van der Waals surface area contributed by atoms with Gasteiger partial charge in [0.15, 0.2) is 0 Å². The molecule has 0 saturated carbocycles. The van der Waals surface area contributed by atoms with Gasteiger partial charge in [0, 0.05) is 27.8 Å². The molecule has 0 N–H and O–H groups in total. The molecule has 1 aliphatic carbocycles. The number of hydrogen-bond acceptors (Lipinski definition) is 2. The number of rotatable bonds is 5. The average Bonchev–Trinajstić information content (AvgIpc) is 3.36. The summed E-state index contributed by atoms with van der Waals surface area (Å²) in [5.74, 6) is 0.576. The maximum atomic E-state index is 6.06. The summed E-state index contributed by atoms with van der Waals surface area (Å²) >= 11 is 0. The maximum Gasteiger partial charge on any atom is 0.135 e. The molecule has 1 atom stereocenters. The predicted molar refractivity (Wildman–Crippen MR) is 165 cm³/mol. The predicted octanol–water partition coefficient (Wildman–Crippen LogP) is 10.7. The Morgan fingerprint density at radius 2 is 1.28 bits per heavy atom. The van der Waals surface area contributed by atoms with Crippen molar-refractivity contribution < 1.29 is 4.42 Å². The van der Waals surface area contributed by atoms with Crippen molar-refractivity contribution in [1.82, 2.24) is 0 Å². The van der Waals surface area contributed by atoms with Gasteiger partial charge in [0.05, 0.1) is 0 Å². The van der Waals surface area contributed by atoms with E-state index in [0.717, 1.165) is 45.4 Å². The number of hydrogen-bond donors (Lipinski definition) is 0. The molecule has 0 saturated heterocycles. The minimum atomic E-state index is 0.576. The first-order chi connectivity index (χ1) is 19.2. The van der Waals surface area contributed by atoms with Crippen molar-refractivity contribution in [3.05, 3.63) is 145 Å². The van der Waals surface area contributed by atoms with E-state index in [2.05, 4.69) is 139 Å². The standard InChI is InChI=1S/C37H29NO/c1-26-9-7-10-28(23-26)27-17-20-32(21-18-27)38(31-12-3-2-4-13-31)33-14-8-11-29(24-33)30-19-22-37-35(25-30)34-15-5-6-16-36(34)39-37/h2-22,24-26H,23H2,1H3/t26-/m0/s1. The van der Waals surface area contributed by atoms with Gasteiger partial charge < -0.3 is 9.32 Å². The monoisotopic (exact) mass is 503 g/mol. The number of benzene rings is 5. The molecule has 1 heterocycles. The van der Waals surface area contributed by atoms with E-state index in [4.69, 9.17) is 4.42 Å². The molecule has 0 bridgehead atoms. The maximum absolute atomic E-state index is 6.06. The van der Waals surface area contributed by atoms with Crippen LogP contribution in [0.15, 0.2) is 144 Å². The summed E-state index contributed by atoms with van der Waals surface area (Å²) in [5.41, 5.74) is 10.3. The van der Waals surface area contributed by atoms with Crippen LogP contribution in [0, 0.1) is 5.92 Å². The van der Waals surface area contributed by atoms with E-state index >= 15 is 0 Å². The number of para-hydroxylation sites is 2. The molecule has 5 aromatic carbocycles. The number of fused-ring (bicyclic) bond motifs is 3. The summed E-state index contributed by atoms with van der Waals surface area (Å²) in [5, 5.41) is 2.29. The van der Waals surface area contributed by atoms with Gasteiger partial charge in [-0.3, -0.25) is 0 Å². The second-order valence-corrected chi connectivity index (χ2v) is 10.3. The van der Waals surface area contributed by atoms with Gasteiger partial charge in [-0.25, -0.2) is 0 Å². The second-order valence-electron chi connectivity index (χ2n) is 10.3. The molecule has 0 unspecified atom stereocenters. The Morgan fingerprint density at radius 3 is 2.13 bits per heavy atom. The molecule has 0 aliphatic heterocycles. The van der Waals surface area contributed by atoms with Crippen molar-refractivity contribution in [3.63, 3.8) is 0 Å². The highest BCUT2D eigenvalue weighted by Crippen LogP contribution is 2.38. The van der Waals surface area contributed by atoms with Crippen LogP contribution in [0.2, 0.25) is 0 Å². The first kappa shape index (κ1) is 23.3. The fourth-order valence-electron chi connectivity index (χ4n) is 5.64. The van der Waals surface area contributed by atoms with Gasteiger partial charge in [-0.2, -0.15) is 0 Å². The van der Waals surface area contributed by atoms with Gasteiger partial charge >= 0.3 is 0 Å². The second kappa shape index (κ2) is 9.81. The molecule has 188 valence electrons. The van der Waals surface area contributed by atoms with Crippen molar-refractivity contribution >= 4 is 44.6 Å². The van der Waals surface area contributed by atoms with Crippen LogP contribution in [0.25, 0.3) is 38.6 Å². The molecular weight excluding hydrogens is 474 g/mol. The summed E-state index contributed by atoms with van der Waals surface area (Å²) in [4.78, 5) is 2.33. The van der Waals surface area contributed by atoms with Crippen LogP contribution in [0.4, 0.5) is 17.1 Å². The van der Waals surface area contributed by atoms with Crippen molar-refractivity contribution in [2.24, 2.45) is 5.92 Å². The molecule has 0 amide bonds. The van der Waals surface area contributed by atoms with Crippen molar-refractivity contribution in [2.45, 2.75) is 13.3 Å². The Morgan fingerprint density at radius 1 is 0.590 bits per heavy atom. The zero-order valence-electron chi connectivity index (χ0n) is 21.9. The SMILES string of the molecule is C[C@H]1C=CC=C(c2ccc(N(c3ccccc3)c3cccc(-c4ccc5oc6ccccc6c5c4)c3)cc2)C1. The van der Waals surface area contributed by atoms with Crippen LogP contribution in [0.5, 0.6) is 0 Å². The quantitative estimate of drug-likeness (QED) is 0.233. The molecule has 7 rings (SSSR count).